The summed E-state index contributed by atoms with van der Waals surface area (Å²) in [6, 6.07) is 18.4. The van der Waals surface area contributed by atoms with E-state index in [4.69, 9.17) is 19.0 Å². The average molecular weight is 888 g/mol. The smallest absolute Gasteiger partial charge is 0.266 e. The quantitative estimate of drug-likeness (QED) is 0.0907. The van der Waals surface area contributed by atoms with Crippen LogP contribution in [0.2, 0.25) is 0 Å². The lowest BCUT2D eigenvalue weighted by Crippen LogP contribution is -2.54. The highest BCUT2D eigenvalue weighted by molar-refractivity contribution is 6.24. The topological polar surface area (TPSA) is 185 Å². The molecule has 5 amide bonds. The first-order valence-electron chi connectivity index (χ1n) is 22.4. The Balaban J connectivity index is 0.821. The molecular formula is C48H57N9O8. The number of benzene rings is 3. The van der Waals surface area contributed by atoms with E-state index in [1.165, 1.54) is 11.6 Å². The summed E-state index contributed by atoms with van der Waals surface area (Å²) in [5.41, 5.74) is 6.34. The Kier molecular flexibility index (Phi) is 14.0. The number of amides is 5. The summed E-state index contributed by atoms with van der Waals surface area (Å²) in [4.78, 5) is 76.4. The van der Waals surface area contributed by atoms with Gasteiger partial charge in [-0.25, -0.2) is 4.98 Å². The summed E-state index contributed by atoms with van der Waals surface area (Å²) >= 11 is 0. The van der Waals surface area contributed by atoms with Crippen LogP contribution in [0, 0.1) is 13.8 Å². The largest absolute Gasteiger partial charge is 0.494 e. The Morgan fingerprint density at radius 1 is 0.892 bits per heavy atom. The molecule has 0 radical (unpaired) electrons. The zero-order valence-electron chi connectivity index (χ0n) is 37.6. The fraction of sp³-hybridized carbons (Fsp3) is 0.438. The summed E-state index contributed by atoms with van der Waals surface area (Å²) in [7, 11) is 4.13. The van der Waals surface area contributed by atoms with Gasteiger partial charge in [-0.2, -0.15) is 0 Å². The minimum absolute atomic E-state index is 0.0349. The molecule has 0 spiro atoms. The highest BCUT2D eigenvalue weighted by atomic mass is 16.5. The second-order valence-electron chi connectivity index (χ2n) is 17.2. The van der Waals surface area contributed by atoms with Crippen LogP contribution in [0.4, 0.5) is 0 Å². The van der Waals surface area contributed by atoms with E-state index in [1.807, 2.05) is 13.8 Å². The summed E-state index contributed by atoms with van der Waals surface area (Å²) in [5, 5.41) is 9.27. The Morgan fingerprint density at radius 2 is 1.68 bits per heavy atom. The van der Waals surface area contributed by atoms with Crippen molar-refractivity contribution in [1.29, 1.82) is 0 Å². The maximum atomic E-state index is 13.4. The number of hydrogen-bond donors (Lipinski definition) is 2. The molecule has 65 heavy (non-hydrogen) atoms. The number of aromatic nitrogens is 3. The molecule has 3 aliphatic rings. The molecule has 3 aromatic carbocycles. The van der Waals surface area contributed by atoms with Gasteiger partial charge in [-0.3, -0.25) is 44.0 Å². The number of carbonyl (C=O) groups is 5. The van der Waals surface area contributed by atoms with Crippen molar-refractivity contribution < 1.29 is 38.0 Å². The fourth-order valence-electron chi connectivity index (χ4n) is 8.88. The standard InChI is InChI=1S/C48H57N9O8/c1-31-44(32(2)65-52-31)34-12-15-38-37(29-34)50-41(17-11-33-9-13-35(14-10-33)63-27-6-20-53(3)4)56(38)26-25-54-21-23-55(24-22-54)30-43(59)49-19-28-64-40-8-5-7-36-45(40)48(62)57(47(36)61)39-16-18-42(58)51-46(39)60/h5,7-10,12-15,29,39H,6,11,16-28,30H2,1-4H3,(H,49,59)(H,51,58,60)/t39-/m1/s1. The van der Waals surface area contributed by atoms with Crippen molar-refractivity contribution >= 4 is 40.6 Å². The van der Waals surface area contributed by atoms with Crippen LogP contribution in [0.15, 0.2) is 65.2 Å². The fourth-order valence-corrected chi connectivity index (χ4v) is 8.88. The van der Waals surface area contributed by atoms with Crippen LogP contribution in [-0.4, -0.2) is 150 Å². The van der Waals surface area contributed by atoms with E-state index in [-0.39, 0.29) is 55.3 Å². The van der Waals surface area contributed by atoms with E-state index in [0.717, 1.165) is 115 Å². The van der Waals surface area contributed by atoms with Crippen LogP contribution in [0.25, 0.3) is 22.2 Å². The van der Waals surface area contributed by atoms with Gasteiger partial charge in [0.05, 0.1) is 47.6 Å². The van der Waals surface area contributed by atoms with E-state index < -0.39 is 29.7 Å². The number of rotatable bonds is 19. The monoisotopic (exact) mass is 887 g/mol. The first-order valence-corrected chi connectivity index (χ1v) is 22.4. The molecule has 0 saturated carbocycles. The normalized spacial score (nSPS) is 17.0. The third-order valence-electron chi connectivity index (χ3n) is 12.3. The zero-order valence-corrected chi connectivity index (χ0v) is 37.6. The summed E-state index contributed by atoms with van der Waals surface area (Å²) < 4.78 is 19.7. The van der Waals surface area contributed by atoms with Crippen LogP contribution >= 0.6 is 0 Å². The number of ether oxygens (including phenoxy) is 2. The third-order valence-corrected chi connectivity index (χ3v) is 12.3. The van der Waals surface area contributed by atoms with Crippen molar-refractivity contribution in [1.82, 2.24) is 44.9 Å². The number of imide groups is 2. The molecule has 1 atom stereocenters. The molecule has 2 saturated heterocycles. The predicted octanol–water partition coefficient (Wildman–Crippen LogP) is 3.64. The molecule has 0 bridgehead atoms. The van der Waals surface area contributed by atoms with Gasteiger partial charge >= 0.3 is 0 Å². The molecule has 5 heterocycles. The second-order valence-corrected chi connectivity index (χ2v) is 17.2. The van der Waals surface area contributed by atoms with Crippen molar-refractivity contribution in [3.63, 3.8) is 0 Å². The van der Waals surface area contributed by atoms with Gasteiger partial charge in [0.15, 0.2) is 0 Å². The maximum Gasteiger partial charge on any atom is 0.266 e. The van der Waals surface area contributed by atoms with Gasteiger partial charge in [-0.15, -0.1) is 0 Å². The van der Waals surface area contributed by atoms with E-state index in [9.17, 15) is 24.0 Å². The van der Waals surface area contributed by atoms with Crippen molar-refractivity contribution in [2.75, 3.05) is 79.7 Å². The minimum atomic E-state index is -1.07. The Morgan fingerprint density at radius 3 is 2.42 bits per heavy atom. The Bertz CT molecular complexity index is 2540. The predicted molar refractivity (Wildman–Crippen MR) is 242 cm³/mol. The van der Waals surface area contributed by atoms with Gasteiger partial charge in [-0.05, 0) is 94.7 Å². The zero-order chi connectivity index (χ0) is 45.6. The van der Waals surface area contributed by atoms with Gasteiger partial charge in [0.1, 0.15) is 35.7 Å². The molecule has 3 aliphatic heterocycles. The average Bonchev–Trinajstić information content (AvgIpc) is 3.91. The molecule has 5 aromatic rings. The van der Waals surface area contributed by atoms with E-state index in [2.05, 4.69) is 91.6 Å². The Hall–Kier alpha value is -6.43. The van der Waals surface area contributed by atoms with Gasteiger partial charge in [0, 0.05) is 64.2 Å². The lowest BCUT2D eigenvalue weighted by molar-refractivity contribution is -0.136. The van der Waals surface area contributed by atoms with Crippen LogP contribution < -0.4 is 20.1 Å². The molecule has 17 nitrogen and oxygen atoms in total. The van der Waals surface area contributed by atoms with Gasteiger partial charge in [-0.1, -0.05) is 29.4 Å². The highest BCUT2D eigenvalue weighted by Gasteiger charge is 2.46. The molecule has 342 valence electrons. The Labute approximate surface area is 378 Å². The van der Waals surface area contributed by atoms with E-state index in [1.54, 1.807) is 12.1 Å². The number of carbonyl (C=O) groups excluding carboxylic acids is 5. The van der Waals surface area contributed by atoms with Crippen LogP contribution in [0.5, 0.6) is 11.5 Å². The number of nitrogens with one attached hydrogen (secondary N) is 2. The molecule has 2 aromatic heterocycles. The van der Waals surface area contributed by atoms with Crippen LogP contribution in [0.3, 0.4) is 0 Å². The highest BCUT2D eigenvalue weighted by Crippen LogP contribution is 2.34. The number of imidazole rings is 1. The van der Waals surface area contributed by atoms with Crippen molar-refractivity contribution in [2.45, 2.75) is 58.5 Å². The molecule has 0 aliphatic carbocycles. The van der Waals surface area contributed by atoms with Crippen molar-refractivity contribution in [2.24, 2.45) is 0 Å². The third kappa shape index (κ3) is 10.4. The van der Waals surface area contributed by atoms with Crippen molar-refractivity contribution in [3.05, 3.63) is 94.6 Å². The molecule has 0 unspecified atom stereocenters. The number of piperazine rings is 1. The summed E-state index contributed by atoms with van der Waals surface area (Å²) in [6.07, 6.45) is 2.69. The second kappa shape index (κ2) is 20.2. The van der Waals surface area contributed by atoms with Crippen molar-refractivity contribution in [3.8, 4) is 22.6 Å². The molecule has 17 heteroatoms. The van der Waals surface area contributed by atoms with E-state index >= 15 is 0 Å². The van der Waals surface area contributed by atoms with Gasteiger partial charge < -0.3 is 28.8 Å². The lowest BCUT2D eigenvalue weighted by Gasteiger charge is -2.34. The number of piperidine rings is 1. The molecule has 2 N–H and O–H groups in total. The first kappa shape index (κ1) is 45.1. The summed E-state index contributed by atoms with van der Waals surface area (Å²) in [5.74, 6) is 0.397. The minimum Gasteiger partial charge on any atom is -0.494 e. The summed E-state index contributed by atoms with van der Waals surface area (Å²) in [6.45, 7) is 10.8. The van der Waals surface area contributed by atoms with Gasteiger partial charge in [0.25, 0.3) is 11.8 Å². The SMILES string of the molecule is Cc1noc(C)c1-c1ccc2c(c1)nc(CCc1ccc(OCCCN(C)C)cc1)n2CCN1CCN(CC(=O)NCCOc2cccc3c2C(=O)N([C@@H]2CCC(=O)NC2=O)C3=O)CC1. The number of hydrogen-bond acceptors (Lipinski definition) is 13. The number of nitrogens with zero attached hydrogens (tertiary/aromatic N) is 7. The van der Waals surface area contributed by atoms with Crippen LogP contribution in [-0.2, 0) is 33.8 Å². The molecule has 8 rings (SSSR count). The first-order chi connectivity index (χ1) is 31.4. The number of aryl methyl sites for hydroxylation is 4. The lowest BCUT2D eigenvalue weighted by atomic mass is 10.0. The van der Waals surface area contributed by atoms with E-state index in [0.29, 0.717) is 6.61 Å². The van der Waals surface area contributed by atoms with Gasteiger partial charge in [0.2, 0.25) is 17.7 Å². The number of fused-ring (bicyclic) bond motifs is 2. The molecular weight excluding hydrogens is 831 g/mol. The maximum absolute atomic E-state index is 13.4. The molecule has 2 fully saturated rings. The van der Waals surface area contributed by atoms with Crippen LogP contribution in [0.1, 0.15) is 62.8 Å².